The molecule has 0 heterocycles. The van der Waals surface area contributed by atoms with Crippen molar-refractivity contribution in [3.8, 4) is 11.5 Å². The smallest absolute Gasteiger partial charge is 0.127 e. The van der Waals surface area contributed by atoms with Gasteiger partial charge in [-0.25, -0.2) is 0 Å². The third-order valence-electron chi connectivity index (χ3n) is 3.39. The molecular formula is C18H23NO. The minimum atomic E-state index is 0.882. The molecule has 2 rings (SSSR count). The Hall–Kier alpha value is -1.80. The van der Waals surface area contributed by atoms with Gasteiger partial charge in [-0.15, -0.1) is 0 Å². The summed E-state index contributed by atoms with van der Waals surface area (Å²) in [5, 5.41) is 3.39. The summed E-state index contributed by atoms with van der Waals surface area (Å²) in [6.45, 7) is 8.36. The van der Waals surface area contributed by atoms with Gasteiger partial charge in [0.2, 0.25) is 0 Å². The van der Waals surface area contributed by atoms with Gasteiger partial charge in [0.1, 0.15) is 11.5 Å². The number of hydrogen-bond acceptors (Lipinski definition) is 2. The van der Waals surface area contributed by atoms with Crippen LogP contribution in [-0.2, 0) is 6.54 Å². The zero-order chi connectivity index (χ0) is 14.4. The Kier molecular flexibility index (Phi) is 5.19. The normalized spacial score (nSPS) is 10.6. The molecule has 0 unspecified atom stereocenters. The lowest BCUT2D eigenvalue weighted by molar-refractivity contribution is 0.481. The van der Waals surface area contributed by atoms with Crippen LogP contribution < -0.4 is 10.1 Å². The van der Waals surface area contributed by atoms with Gasteiger partial charge in [-0.2, -0.15) is 0 Å². The standard InChI is InChI=1S/C18H23NO/c1-4-11-19-13-16-6-9-17(10-7-16)20-18-8-5-14(2)15(3)12-18/h5-10,12,19H,4,11,13H2,1-3H3. The number of ether oxygens (including phenoxy) is 1. The second-order valence-corrected chi connectivity index (χ2v) is 5.17. The molecule has 2 aromatic carbocycles. The lowest BCUT2D eigenvalue weighted by Crippen LogP contribution is -2.13. The molecular weight excluding hydrogens is 246 g/mol. The first-order valence-corrected chi connectivity index (χ1v) is 7.24. The average molecular weight is 269 g/mol. The number of nitrogens with one attached hydrogen (secondary N) is 1. The highest BCUT2D eigenvalue weighted by atomic mass is 16.5. The van der Waals surface area contributed by atoms with Gasteiger partial charge in [-0.1, -0.05) is 25.1 Å². The average Bonchev–Trinajstić information content (AvgIpc) is 2.45. The van der Waals surface area contributed by atoms with Crippen molar-refractivity contribution >= 4 is 0 Å². The van der Waals surface area contributed by atoms with Crippen LogP contribution in [0.1, 0.15) is 30.0 Å². The minimum Gasteiger partial charge on any atom is -0.457 e. The van der Waals surface area contributed by atoms with Gasteiger partial charge >= 0.3 is 0 Å². The fraction of sp³-hybridized carbons (Fsp3) is 0.333. The van der Waals surface area contributed by atoms with Gasteiger partial charge in [0.05, 0.1) is 0 Å². The van der Waals surface area contributed by atoms with E-state index >= 15 is 0 Å². The third kappa shape index (κ3) is 4.10. The van der Waals surface area contributed by atoms with Crippen molar-refractivity contribution in [2.45, 2.75) is 33.7 Å². The molecule has 2 heteroatoms. The molecule has 0 aromatic heterocycles. The minimum absolute atomic E-state index is 0.882. The molecule has 106 valence electrons. The molecule has 0 saturated carbocycles. The van der Waals surface area contributed by atoms with Crippen LogP contribution in [0.5, 0.6) is 11.5 Å². The zero-order valence-electron chi connectivity index (χ0n) is 12.6. The van der Waals surface area contributed by atoms with Gasteiger partial charge in [-0.05, 0) is 67.8 Å². The molecule has 0 aliphatic carbocycles. The van der Waals surface area contributed by atoms with Crippen molar-refractivity contribution in [2.75, 3.05) is 6.54 Å². The van der Waals surface area contributed by atoms with Gasteiger partial charge in [0, 0.05) is 6.54 Å². The Balaban J connectivity index is 1.97. The van der Waals surface area contributed by atoms with Crippen molar-refractivity contribution in [2.24, 2.45) is 0 Å². The number of benzene rings is 2. The molecule has 0 radical (unpaired) electrons. The van der Waals surface area contributed by atoms with Crippen LogP contribution >= 0.6 is 0 Å². The van der Waals surface area contributed by atoms with E-state index in [0.29, 0.717) is 0 Å². The monoisotopic (exact) mass is 269 g/mol. The van der Waals surface area contributed by atoms with Crippen molar-refractivity contribution in [1.29, 1.82) is 0 Å². The Labute approximate surface area is 121 Å². The first-order valence-electron chi connectivity index (χ1n) is 7.24. The molecule has 0 aliphatic heterocycles. The van der Waals surface area contributed by atoms with Crippen LogP contribution in [0.2, 0.25) is 0 Å². The topological polar surface area (TPSA) is 21.3 Å². The molecule has 0 bridgehead atoms. The zero-order valence-corrected chi connectivity index (χ0v) is 12.6. The van der Waals surface area contributed by atoms with E-state index in [9.17, 15) is 0 Å². The molecule has 2 nitrogen and oxygen atoms in total. The molecule has 20 heavy (non-hydrogen) atoms. The number of aryl methyl sites for hydroxylation is 2. The Morgan fingerprint density at radius 1 is 0.900 bits per heavy atom. The highest BCUT2D eigenvalue weighted by Gasteiger charge is 2.00. The second kappa shape index (κ2) is 7.11. The molecule has 2 aromatic rings. The van der Waals surface area contributed by atoms with Gasteiger partial charge < -0.3 is 10.1 Å². The van der Waals surface area contributed by atoms with Crippen LogP contribution in [0.25, 0.3) is 0 Å². The molecule has 1 N–H and O–H groups in total. The van der Waals surface area contributed by atoms with E-state index in [1.54, 1.807) is 0 Å². The van der Waals surface area contributed by atoms with E-state index < -0.39 is 0 Å². The van der Waals surface area contributed by atoms with E-state index in [-0.39, 0.29) is 0 Å². The summed E-state index contributed by atoms with van der Waals surface area (Å²) in [5.41, 5.74) is 3.82. The Morgan fingerprint density at radius 2 is 1.60 bits per heavy atom. The van der Waals surface area contributed by atoms with Crippen molar-refractivity contribution in [3.63, 3.8) is 0 Å². The van der Waals surface area contributed by atoms with E-state index in [0.717, 1.165) is 31.0 Å². The van der Waals surface area contributed by atoms with Gasteiger partial charge in [0.15, 0.2) is 0 Å². The number of rotatable bonds is 6. The maximum Gasteiger partial charge on any atom is 0.127 e. The lowest BCUT2D eigenvalue weighted by atomic mass is 10.1. The van der Waals surface area contributed by atoms with Gasteiger partial charge in [-0.3, -0.25) is 0 Å². The van der Waals surface area contributed by atoms with Gasteiger partial charge in [0.25, 0.3) is 0 Å². The molecule has 0 saturated heterocycles. The van der Waals surface area contributed by atoms with E-state index in [1.807, 2.05) is 18.2 Å². The van der Waals surface area contributed by atoms with E-state index in [4.69, 9.17) is 4.74 Å². The van der Waals surface area contributed by atoms with Crippen molar-refractivity contribution in [3.05, 3.63) is 59.2 Å². The highest BCUT2D eigenvalue weighted by Crippen LogP contribution is 2.23. The molecule has 0 fully saturated rings. The summed E-state index contributed by atoms with van der Waals surface area (Å²) in [6.07, 6.45) is 1.16. The fourth-order valence-corrected chi connectivity index (χ4v) is 2.00. The SMILES string of the molecule is CCCNCc1ccc(Oc2ccc(C)c(C)c2)cc1. The summed E-state index contributed by atoms with van der Waals surface area (Å²) in [7, 11) is 0. The van der Waals surface area contributed by atoms with Crippen LogP contribution in [0, 0.1) is 13.8 Å². The van der Waals surface area contributed by atoms with E-state index in [2.05, 4.69) is 50.4 Å². The molecule has 0 atom stereocenters. The molecule has 0 aliphatic rings. The van der Waals surface area contributed by atoms with Crippen LogP contribution in [-0.4, -0.2) is 6.54 Å². The van der Waals surface area contributed by atoms with Crippen LogP contribution in [0.4, 0.5) is 0 Å². The summed E-state index contributed by atoms with van der Waals surface area (Å²) in [6, 6.07) is 14.5. The Bertz CT molecular complexity index is 546. The maximum absolute atomic E-state index is 5.87. The first-order chi connectivity index (χ1) is 9.69. The highest BCUT2D eigenvalue weighted by molar-refractivity contribution is 5.37. The Morgan fingerprint density at radius 3 is 2.25 bits per heavy atom. The largest absolute Gasteiger partial charge is 0.457 e. The maximum atomic E-state index is 5.87. The van der Waals surface area contributed by atoms with E-state index in [1.165, 1.54) is 16.7 Å². The third-order valence-corrected chi connectivity index (χ3v) is 3.39. The second-order valence-electron chi connectivity index (χ2n) is 5.17. The predicted molar refractivity (Wildman–Crippen MR) is 84.4 cm³/mol. The summed E-state index contributed by atoms with van der Waals surface area (Å²) >= 11 is 0. The summed E-state index contributed by atoms with van der Waals surface area (Å²) in [5.74, 6) is 1.78. The molecule has 0 amide bonds. The fourth-order valence-electron chi connectivity index (χ4n) is 2.00. The summed E-state index contributed by atoms with van der Waals surface area (Å²) in [4.78, 5) is 0. The summed E-state index contributed by atoms with van der Waals surface area (Å²) < 4.78 is 5.87. The van der Waals surface area contributed by atoms with Crippen molar-refractivity contribution in [1.82, 2.24) is 5.32 Å². The number of hydrogen-bond donors (Lipinski definition) is 1. The quantitative estimate of drug-likeness (QED) is 0.774. The molecule has 0 spiro atoms. The lowest BCUT2D eigenvalue weighted by Gasteiger charge is -2.09. The predicted octanol–water partition coefficient (Wildman–Crippen LogP) is 4.60. The van der Waals surface area contributed by atoms with Crippen LogP contribution in [0.15, 0.2) is 42.5 Å². The van der Waals surface area contributed by atoms with Crippen LogP contribution in [0.3, 0.4) is 0 Å². The van der Waals surface area contributed by atoms with Crippen molar-refractivity contribution < 1.29 is 4.74 Å². The first kappa shape index (κ1) is 14.6.